The fourth-order valence-corrected chi connectivity index (χ4v) is 8.17. The Morgan fingerprint density at radius 1 is 0.513 bits per heavy atom. The molecule has 25 nitrogen and oxygen atoms in total. The van der Waals surface area contributed by atoms with Crippen molar-refractivity contribution in [3.8, 4) is 51.6 Å². The number of hydrogen-bond acceptors (Lipinski definition) is 24. The second-order valence-corrected chi connectivity index (χ2v) is 17.7. The third kappa shape index (κ3) is 12.5. The Hall–Kier alpha value is -7.21. The molecule has 406 valence electrons. The number of fused-ring (bicyclic) bond motifs is 1. The number of rotatable bonds is 16. The highest BCUT2D eigenvalue weighted by atomic mass is 16.8. The maximum Gasteiger partial charge on any atom is 0.402 e. The van der Waals surface area contributed by atoms with Crippen molar-refractivity contribution in [3.63, 3.8) is 0 Å². The number of phenolic OH excluding ortho intramolecular Hbond substituents is 5. The topological polar surface area (TPSA) is 403 Å². The van der Waals surface area contributed by atoms with Crippen LogP contribution in [0.25, 0.3) is 34.4 Å². The first kappa shape index (κ1) is 55.0. The number of benzene rings is 4. The molecule has 15 unspecified atom stereocenters. The number of carbonyl (C=O) groups excluding carboxylic acids is 2. The Bertz CT molecular complexity index is 2880. The van der Waals surface area contributed by atoms with Crippen LogP contribution in [0.1, 0.15) is 11.1 Å². The van der Waals surface area contributed by atoms with Crippen LogP contribution in [-0.2, 0) is 38.0 Å². The van der Waals surface area contributed by atoms with E-state index in [9.17, 15) is 81.1 Å². The molecule has 3 aliphatic heterocycles. The summed E-state index contributed by atoms with van der Waals surface area (Å²) in [6, 6.07) is 18.3. The van der Waals surface area contributed by atoms with Crippen LogP contribution in [0.2, 0.25) is 0 Å². The van der Waals surface area contributed by atoms with Gasteiger partial charge in [0.25, 0.3) is 0 Å². The van der Waals surface area contributed by atoms with E-state index < -0.39 is 147 Å². The maximum absolute atomic E-state index is 12.9. The summed E-state index contributed by atoms with van der Waals surface area (Å²) in [5, 5.41) is 149. The monoisotopic (exact) mass is 1070 g/mol. The number of ether oxygens (including phenoxy) is 8. The summed E-state index contributed by atoms with van der Waals surface area (Å²) >= 11 is 0. The molecule has 0 radical (unpaired) electrons. The van der Waals surface area contributed by atoms with Crippen molar-refractivity contribution in [2.45, 2.75) is 92.1 Å². The van der Waals surface area contributed by atoms with Gasteiger partial charge in [0.1, 0.15) is 109 Å². The third-order valence-corrected chi connectivity index (χ3v) is 12.4. The normalized spacial score (nSPS) is 29.8. The van der Waals surface area contributed by atoms with Gasteiger partial charge in [0.2, 0.25) is 18.3 Å². The van der Waals surface area contributed by atoms with Crippen molar-refractivity contribution in [1.29, 1.82) is 0 Å². The van der Waals surface area contributed by atoms with Crippen molar-refractivity contribution in [3.05, 3.63) is 108 Å². The van der Waals surface area contributed by atoms with E-state index in [-0.39, 0.29) is 39.5 Å². The number of carbonyl (C=O) groups is 2. The van der Waals surface area contributed by atoms with E-state index >= 15 is 0 Å². The van der Waals surface area contributed by atoms with Gasteiger partial charge in [0.05, 0.1) is 18.2 Å². The van der Waals surface area contributed by atoms with E-state index in [1.807, 2.05) is 0 Å². The van der Waals surface area contributed by atoms with Crippen LogP contribution in [-0.4, -0.2) is 195 Å². The minimum atomic E-state index is -2.14. The lowest BCUT2D eigenvalue weighted by Gasteiger charge is -2.45. The lowest BCUT2D eigenvalue weighted by atomic mass is 9.97. The van der Waals surface area contributed by atoms with Gasteiger partial charge in [-0.25, -0.2) is 14.0 Å². The van der Waals surface area contributed by atoms with Gasteiger partial charge in [-0.2, -0.15) is 0 Å². The molecule has 0 aliphatic carbocycles. The summed E-state index contributed by atoms with van der Waals surface area (Å²) in [6.07, 6.45) is -23.7. The molecule has 0 amide bonds. The van der Waals surface area contributed by atoms with Gasteiger partial charge in [-0.3, -0.25) is 0 Å². The molecule has 15 atom stereocenters. The molecule has 76 heavy (non-hydrogen) atoms. The molecule has 25 heteroatoms. The average Bonchev–Trinajstić information content (AvgIpc) is 3.41. The SMILES string of the molecule is O=C(C=Cc1ccc(O)cc1)OCC1OC(OC2C(Oc3cc4c(OC5OC(CO)C(O)C(O)C5O)cc(O)cc4[o+]c3-c3ccc(O)c(O)c3)OC(COC(=O)C=Cc3ccc(O)cc3)C(O)C2O)C(O)C(O)C1O. The average molecular weight is 1070 g/mol. The van der Waals surface area contributed by atoms with Crippen molar-refractivity contribution >= 4 is 35.1 Å². The third-order valence-electron chi connectivity index (χ3n) is 12.4. The summed E-state index contributed by atoms with van der Waals surface area (Å²) in [5.74, 6) is -4.76. The second kappa shape index (κ2) is 23.8. The molecule has 14 N–H and O–H groups in total. The highest BCUT2D eigenvalue weighted by Crippen LogP contribution is 2.44. The zero-order valence-corrected chi connectivity index (χ0v) is 39.4. The molecule has 3 saturated heterocycles. The Balaban J connectivity index is 1.13. The number of aromatic hydroxyl groups is 5. The highest BCUT2D eigenvalue weighted by Gasteiger charge is 2.53. The number of hydrogen-bond donors (Lipinski definition) is 14. The van der Waals surface area contributed by atoms with Gasteiger partial charge in [-0.1, -0.05) is 24.3 Å². The first-order valence-corrected chi connectivity index (χ1v) is 23.2. The standard InChI is InChI=1S/C51H52O25/c52-19-34-39(60)42(63)45(66)49(73-34)71-32-17-27(55)16-31-28(32)18-33(47(70-31)24-7-12-29(56)30(57)15-24)72-51-48(44(65)41(62)36(75-51)21-69-38(59)14-6-23-3-10-26(54)11-4-23)76-50-46(67)43(64)40(61)35(74-50)20-68-37(58)13-5-22-1-8-25(53)9-2-22/h1-18,34-36,39-46,48-52,60-67H,19-21H2,(H4-,53,54,55,56,57,58,59)/p+1. The van der Waals surface area contributed by atoms with Crippen LogP contribution in [0.5, 0.6) is 40.2 Å². The van der Waals surface area contributed by atoms with Crippen LogP contribution < -0.4 is 9.47 Å². The smallest absolute Gasteiger partial charge is 0.402 e. The van der Waals surface area contributed by atoms with Crippen LogP contribution in [0.4, 0.5) is 0 Å². The largest absolute Gasteiger partial charge is 0.508 e. The van der Waals surface area contributed by atoms with E-state index in [0.29, 0.717) is 11.1 Å². The Labute approximate surface area is 429 Å². The van der Waals surface area contributed by atoms with Crippen LogP contribution >= 0.6 is 0 Å². The number of aliphatic hydroxyl groups excluding tert-OH is 9. The number of aliphatic hydroxyl groups is 9. The zero-order chi connectivity index (χ0) is 54.5. The predicted molar refractivity (Wildman–Crippen MR) is 255 cm³/mol. The Morgan fingerprint density at radius 2 is 1.03 bits per heavy atom. The molecule has 0 saturated carbocycles. The first-order chi connectivity index (χ1) is 36.3. The lowest BCUT2D eigenvalue weighted by Crippen LogP contribution is -2.65. The summed E-state index contributed by atoms with van der Waals surface area (Å²) in [5.41, 5.74) is 0.764. The minimum Gasteiger partial charge on any atom is -0.508 e. The van der Waals surface area contributed by atoms with Gasteiger partial charge in [0, 0.05) is 30.4 Å². The first-order valence-electron chi connectivity index (χ1n) is 23.2. The molecule has 0 spiro atoms. The molecule has 1 aromatic heterocycles. The summed E-state index contributed by atoms with van der Waals surface area (Å²) in [4.78, 5) is 25.6. The quantitative estimate of drug-likeness (QED) is 0.0259. The van der Waals surface area contributed by atoms with Crippen LogP contribution in [0, 0.1) is 0 Å². The Morgan fingerprint density at radius 3 is 1.59 bits per heavy atom. The Kier molecular flexibility index (Phi) is 17.2. The molecular weight excluding hydrogens is 1010 g/mol. The fraction of sp³-hybridized carbons (Fsp3) is 0.353. The summed E-state index contributed by atoms with van der Waals surface area (Å²) < 4.78 is 52.6. The van der Waals surface area contributed by atoms with Gasteiger partial charge in [0.15, 0.2) is 23.9 Å². The van der Waals surface area contributed by atoms with Crippen molar-refractivity contribution in [2.75, 3.05) is 19.8 Å². The van der Waals surface area contributed by atoms with E-state index in [1.54, 1.807) is 0 Å². The van der Waals surface area contributed by atoms with Crippen molar-refractivity contribution < 1.29 is 123 Å². The van der Waals surface area contributed by atoms with Crippen LogP contribution in [0.15, 0.2) is 101 Å². The van der Waals surface area contributed by atoms with Gasteiger partial charge in [-0.15, -0.1) is 0 Å². The zero-order valence-electron chi connectivity index (χ0n) is 39.4. The van der Waals surface area contributed by atoms with Gasteiger partial charge < -0.3 is 109 Å². The fourth-order valence-electron chi connectivity index (χ4n) is 8.17. The predicted octanol–water partition coefficient (Wildman–Crippen LogP) is -0.381. The molecule has 0 bridgehead atoms. The van der Waals surface area contributed by atoms with Gasteiger partial charge >= 0.3 is 23.3 Å². The maximum atomic E-state index is 12.9. The molecule has 5 aromatic rings. The minimum absolute atomic E-state index is 0.0135. The molecule has 4 heterocycles. The molecular formula is C51H53O25+. The number of esters is 2. The second-order valence-electron chi connectivity index (χ2n) is 17.7. The summed E-state index contributed by atoms with van der Waals surface area (Å²) in [7, 11) is 0. The molecule has 3 fully saturated rings. The van der Waals surface area contributed by atoms with E-state index in [2.05, 4.69) is 0 Å². The lowest BCUT2D eigenvalue weighted by molar-refractivity contribution is -0.358. The van der Waals surface area contributed by atoms with E-state index in [4.69, 9.17) is 42.3 Å². The van der Waals surface area contributed by atoms with Crippen molar-refractivity contribution in [1.82, 2.24) is 0 Å². The van der Waals surface area contributed by atoms with Gasteiger partial charge in [-0.05, 0) is 59.7 Å². The van der Waals surface area contributed by atoms with Crippen molar-refractivity contribution in [2.24, 2.45) is 0 Å². The molecule has 8 rings (SSSR count). The van der Waals surface area contributed by atoms with Crippen LogP contribution in [0.3, 0.4) is 0 Å². The number of phenols is 5. The van der Waals surface area contributed by atoms with E-state index in [0.717, 1.165) is 36.4 Å². The molecule has 4 aromatic carbocycles. The molecule has 3 aliphatic rings. The summed E-state index contributed by atoms with van der Waals surface area (Å²) in [6.45, 7) is -2.33. The van der Waals surface area contributed by atoms with E-state index in [1.165, 1.54) is 72.8 Å². The highest BCUT2D eigenvalue weighted by molar-refractivity contribution is 5.89.